The molecule has 0 unspecified atom stereocenters. The average Bonchev–Trinajstić information content (AvgIpc) is 3.89. The van der Waals surface area contributed by atoms with Crippen molar-refractivity contribution < 1.29 is 4.42 Å². The molecular formula is C70H44OSi. The van der Waals surface area contributed by atoms with Gasteiger partial charge in [0.2, 0.25) is 0 Å². The molecule has 14 aromatic carbocycles. The first-order valence-electron chi connectivity index (χ1n) is 25.2. The van der Waals surface area contributed by atoms with Crippen LogP contribution in [0.15, 0.2) is 235 Å². The number of benzene rings is 14. The van der Waals surface area contributed by atoms with E-state index in [-0.39, 0.29) is 0 Å². The lowest BCUT2D eigenvalue weighted by atomic mass is 9.81. The predicted molar refractivity (Wildman–Crippen MR) is 312 cm³/mol. The van der Waals surface area contributed by atoms with Crippen LogP contribution in [0.3, 0.4) is 0 Å². The zero-order valence-corrected chi connectivity index (χ0v) is 40.8. The van der Waals surface area contributed by atoms with Crippen LogP contribution in [0.2, 0.25) is 13.1 Å². The maximum absolute atomic E-state index is 6.52. The van der Waals surface area contributed by atoms with Crippen molar-refractivity contribution in [1.82, 2.24) is 0 Å². The highest BCUT2D eigenvalue weighted by Gasteiger charge is 2.38. The molecular weight excluding hydrogens is 885 g/mol. The molecule has 2 heteroatoms. The van der Waals surface area contributed by atoms with Gasteiger partial charge >= 0.3 is 0 Å². The fourth-order valence-corrected chi connectivity index (χ4v) is 16.4. The second-order valence-electron chi connectivity index (χ2n) is 20.6. The van der Waals surface area contributed by atoms with Crippen molar-refractivity contribution in [2.24, 2.45) is 0 Å². The van der Waals surface area contributed by atoms with E-state index < -0.39 is 8.07 Å². The van der Waals surface area contributed by atoms with Gasteiger partial charge in [-0.2, -0.15) is 0 Å². The van der Waals surface area contributed by atoms with E-state index in [2.05, 4.69) is 244 Å². The van der Waals surface area contributed by atoms with Gasteiger partial charge in [0.15, 0.2) is 0 Å². The number of hydrogen-bond acceptors (Lipinski definition) is 1. The third kappa shape index (κ3) is 5.42. The maximum atomic E-state index is 6.52. The monoisotopic (exact) mass is 928 g/mol. The Kier molecular flexibility index (Phi) is 8.11. The molecule has 15 aromatic rings. The van der Waals surface area contributed by atoms with Gasteiger partial charge in [-0.3, -0.25) is 0 Å². The van der Waals surface area contributed by atoms with Crippen molar-refractivity contribution in [3.63, 3.8) is 0 Å². The Hall–Kier alpha value is -8.82. The van der Waals surface area contributed by atoms with Gasteiger partial charge in [-0.05, 0) is 177 Å². The van der Waals surface area contributed by atoms with E-state index in [1.165, 1.54) is 141 Å². The summed E-state index contributed by atoms with van der Waals surface area (Å²) in [7, 11) is -2.06. The Bertz CT molecular complexity index is 4780. The highest BCUT2D eigenvalue weighted by Crippen LogP contribution is 2.51. The molecule has 0 radical (unpaired) electrons. The second kappa shape index (κ2) is 14.6. The van der Waals surface area contributed by atoms with Crippen molar-refractivity contribution in [1.29, 1.82) is 0 Å². The van der Waals surface area contributed by atoms with Crippen LogP contribution in [0.5, 0.6) is 0 Å². The molecule has 0 bridgehead atoms. The standard InChI is InChI=1S/C70H44OSi/c1-72(2)65-34-32-44(37-61(65)62-39-57-47-21-7-5-19-45(47)46-20-6-8-22-48(46)58(57)40-66(62)72)68-51-25-11-15-29-55(51)70(56-30-16-12-26-52(56)68)69-53-27-13-9-23-49(53)67(50-24-10-14-28-54(50)69)43-31-33-63-59(36-43)60-35-41-17-3-4-18-42(41)38-64(60)71-63/h3-40H,1-2H3. The molecule has 0 spiro atoms. The zero-order valence-electron chi connectivity index (χ0n) is 39.8. The minimum absolute atomic E-state index is 0.904. The van der Waals surface area contributed by atoms with Crippen LogP contribution in [0.4, 0.5) is 0 Å². The summed E-state index contributed by atoms with van der Waals surface area (Å²) in [6.45, 7) is 5.09. The minimum atomic E-state index is -2.06. The molecule has 1 aromatic heterocycles. The third-order valence-corrected chi connectivity index (χ3v) is 20.1. The first-order valence-corrected chi connectivity index (χ1v) is 28.2. The van der Waals surface area contributed by atoms with Crippen molar-refractivity contribution in [3.05, 3.63) is 231 Å². The molecule has 1 aliphatic heterocycles. The van der Waals surface area contributed by atoms with Crippen molar-refractivity contribution >= 4 is 127 Å². The van der Waals surface area contributed by atoms with Gasteiger partial charge in [0.05, 0.1) is 0 Å². The number of fused-ring (bicyclic) bond motifs is 17. The molecule has 1 aliphatic rings. The lowest BCUT2D eigenvalue weighted by molar-refractivity contribution is 0.669. The summed E-state index contributed by atoms with van der Waals surface area (Å²) in [5.41, 5.74) is 12.1. The van der Waals surface area contributed by atoms with E-state index in [9.17, 15) is 0 Å². The Morgan fingerprint density at radius 1 is 0.250 bits per heavy atom. The molecule has 0 aliphatic carbocycles. The zero-order chi connectivity index (χ0) is 47.4. The maximum Gasteiger partial charge on any atom is 0.136 e. The average molecular weight is 929 g/mol. The number of furan rings is 1. The topological polar surface area (TPSA) is 13.1 Å². The molecule has 0 N–H and O–H groups in total. The molecule has 0 amide bonds. The first kappa shape index (κ1) is 40.0. The van der Waals surface area contributed by atoms with E-state index in [1.54, 1.807) is 0 Å². The molecule has 0 saturated heterocycles. The van der Waals surface area contributed by atoms with Crippen LogP contribution in [-0.4, -0.2) is 8.07 Å². The first-order chi connectivity index (χ1) is 35.5. The fourth-order valence-electron chi connectivity index (χ4n) is 13.3. The van der Waals surface area contributed by atoms with Crippen LogP contribution < -0.4 is 10.4 Å². The summed E-state index contributed by atoms with van der Waals surface area (Å²) in [4.78, 5) is 0. The minimum Gasteiger partial charge on any atom is -0.456 e. The van der Waals surface area contributed by atoms with Crippen LogP contribution in [-0.2, 0) is 0 Å². The lowest BCUT2D eigenvalue weighted by Crippen LogP contribution is -2.49. The van der Waals surface area contributed by atoms with E-state index >= 15 is 0 Å². The molecule has 2 heterocycles. The van der Waals surface area contributed by atoms with E-state index in [4.69, 9.17) is 4.42 Å². The molecule has 0 saturated carbocycles. The van der Waals surface area contributed by atoms with Crippen molar-refractivity contribution in [3.8, 4) is 44.5 Å². The van der Waals surface area contributed by atoms with Gasteiger partial charge in [0.25, 0.3) is 0 Å². The summed E-state index contributed by atoms with van der Waals surface area (Å²) in [6, 6.07) is 86.8. The molecule has 0 fully saturated rings. The van der Waals surface area contributed by atoms with Gasteiger partial charge in [-0.15, -0.1) is 0 Å². The summed E-state index contributed by atoms with van der Waals surface area (Å²) in [5.74, 6) is 0. The van der Waals surface area contributed by atoms with Crippen molar-refractivity contribution in [2.45, 2.75) is 13.1 Å². The van der Waals surface area contributed by atoms with Gasteiger partial charge < -0.3 is 4.42 Å². The van der Waals surface area contributed by atoms with Gasteiger partial charge in [-0.25, -0.2) is 0 Å². The van der Waals surface area contributed by atoms with Gasteiger partial charge in [0, 0.05) is 10.8 Å². The van der Waals surface area contributed by atoms with Crippen LogP contribution >= 0.6 is 0 Å². The van der Waals surface area contributed by atoms with Gasteiger partial charge in [0.1, 0.15) is 19.2 Å². The smallest absolute Gasteiger partial charge is 0.136 e. The Morgan fingerprint density at radius 2 is 0.625 bits per heavy atom. The highest BCUT2D eigenvalue weighted by molar-refractivity contribution is 7.04. The summed E-state index contributed by atoms with van der Waals surface area (Å²) >= 11 is 0. The van der Waals surface area contributed by atoms with Crippen LogP contribution in [0.25, 0.3) is 153 Å². The Morgan fingerprint density at radius 3 is 1.14 bits per heavy atom. The van der Waals surface area contributed by atoms with E-state index in [0.29, 0.717) is 0 Å². The SMILES string of the molecule is C[Si]1(C)c2ccc(-c3c4ccccc4c(-c4c5ccccc5c(-c5ccc6oc7cc8ccccc8cc7c6c5)c5ccccc45)c4ccccc34)cc2-c2cc3c4ccccc4c4ccccc4c3cc21. The quantitative estimate of drug-likeness (QED) is 0.0977. The van der Waals surface area contributed by atoms with Gasteiger partial charge in [-0.1, -0.05) is 207 Å². The summed E-state index contributed by atoms with van der Waals surface area (Å²) in [6.07, 6.45) is 0. The van der Waals surface area contributed by atoms with E-state index in [0.717, 1.165) is 21.9 Å². The molecule has 0 atom stereocenters. The van der Waals surface area contributed by atoms with Crippen LogP contribution in [0.1, 0.15) is 0 Å². The van der Waals surface area contributed by atoms with Crippen molar-refractivity contribution in [2.75, 3.05) is 0 Å². The van der Waals surface area contributed by atoms with Crippen LogP contribution in [0, 0.1) is 0 Å². The fraction of sp³-hybridized carbons (Fsp3) is 0.0286. The Balaban J connectivity index is 0.936. The Labute approximate surface area is 416 Å². The molecule has 72 heavy (non-hydrogen) atoms. The lowest BCUT2D eigenvalue weighted by Gasteiger charge is -2.22. The highest BCUT2D eigenvalue weighted by atomic mass is 28.3. The molecule has 16 rings (SSSR count). The number of rotatable bonds is 3. The second-order valence-corrected chi connectivity index (χ2v) is 24.9. The molecule has 1 nitrogen and oxygen atoms in total. The largest absolute Gasteiger partial charge is 0.456 e. The molecule has 334 valence electrons. The normalized spacial score (nSPS) is 13.2. The summed E-state index contributed by atoms with van der Waals surface area (Å²) in [5, 5.41) is 25.7. The van der Waals surface area contributed by atoms with E-state index in [1.807, 2.05) is 0 Å². The summed E-state index contributed by atoms with van der Waals surface area (Å²) < 4.78 is 6.52. The third-order valence-electron chi connectivity index (χ3n) is 16.6. The predicted octanol–water partition coefficient (Wildman–Crippen LogP) is 18.6. The number of hydrogen-bond donors (Lipinski definition) is 0.